The van der Waals surface area contributed by atoms with Gasteiger partial charge in [-0.1, -0.05) is 17.7 Å². The van der Waals surface area contributed by atoms with E-state index < -0.39 is 5.92 Å². The molecule has 1 fully saturated rings. The summed E-state index contributed by atoms with van der Waals surface area (Å²) in [6.07, 6.45) is 0.283. The normalized spacial score (nSPS) is 16.8. The van der Waals surface area contributed by atoms with E-state index >= 15 is 0 Å². The van der Waals surface area contributed by atoms with Crippen LogP contribution in [0.4, 0.5) is 11.4 Å². The predicted molar refractivity (Wildman–Crippen MR) is 103 cm³/mol. The van der Waals surface area contributed by atoms with Gasteiger partial charge in [-0.05, 0) is 56.3 Å². The van der Waals surface area contributed by atoms with E-state index in [-0.39, 0.29) is 24.3 Å². The van der Waals surface area contributed by atoms with Crippen LogP contribution in [-0.4, -0.2) is 24.5 Å². The Kier molecular flexibility index (Phi) is 5.47. The van der Waals surface area contributed by atoms with Crippen LogP contribution in [0.5, 0.6) is 5.75 Å². The standard InChI is InChI=1S/C20H21ClN2O3/c1-13(2)26-18-8-6-17(7-9-18)23-12-14(10-19(23)24)20(25)22-16-5-3-4-15(21)11-16/h3-9,11,13-14H,10,12H2,1-2H3,(H,22,25). The highest BCUT2D eigenvalue weighted by molar-refractivity contribution is 6.30. The van der Waals surface area contributed by atoms with Gasteiger partial charge >= 0.3 is 0 Å². The van der Waals surface area contributed by atoms with Gasteiger partial charge in [-0.3, -0.25) is 9.59 Å². The van der Waals surface area contributed by atoms with E-state index in [1.165, 1.54) is 0 Å². The van der Waals surface area contributed by atoms with Crippen LogP contribution in [0.15, 0.2) is 48.5 Å². The molecule has 0 radical (unpaired) electrons. The van der Waals surface area contributed by atoms with E-state index in [9.17, 15) is 9.59 Å². The molecule has 0 bridgehead atoms. The summed E-state index contributed by atoms with van der Waals surface area (Å²) in [5.74, 6) is 0.121. The molecule has 0 aromatic heterocycles. The second kappa shape index (κ2) is 7.79. The highest BCUT2D eigenvalue weighted by atomic mass is 35.5. The molecule has 0 saturated carbocycles. The van der Waals surface area contributed by atoms with Crippen molar-refractivity contribution in [3.05, 3.63) is 53.6 Å². The van der Waals surface area contributed by atoms with Crippen LogP contribution >= 0.6 is 11.6 Å². The fourth-order valence-electron chi connectivity index (χ4n) is 2.92. The Balaban J connectivity index is 1.65. The van der Waals surface area contributed by atoms with E-state index in [1.807, 2.05) is 38.1 Å². The van der Waals surface area contributed by atoms with Crippen LogP contribution in [-0.2, 0) is 9.59 Å². The Morgan fingerprint density at radius 3 is 2.62 bits per heavy atom. The third-order valence-corrected chi connectivity index (χ3v) is 4.34. The van der Waals surface area contributed by atoms with Crippen LogP contribution < -0.4 is 15.0 Å². The van der Waals surface area contributed by atoms with Crippen molar-refractivity contribution in [3.8, 4) is 5.75 Å². The van der Waals surface area contributed by atoms with Gasteiger partial charge in [0.1, 0.15) is 5.75 Å². The topological polar surface area (TPSA) is 58.6 Å². The first kappa shape index (κ1) is 18.3. The molecular weight excluding hydrogens is 352 g/mol. The fourth-order valence-corrected chi connectivity index (χ4v) is 3.11. The first-order valence-electron chi connectivity index (χ1n) is 8.56. The van der Waals surface area contributed by atoms with Crippen molar-refractivity contribution < 1.29 is 14.3 Å². The van der Waals surface area contributed by atoms with Gasteiger partial charge in [0.2, 0.25) is 11.8 Å². The molecule has 5 nitrogen and oxygen atoms in total. The molecule has 1 atom stereocenters. The highest BCUT2D eigenvalue weighted by Crippen LogP contribution is 2.28. The maximum Gasteiger partial charge on any atom is 0.229 e. The number of halogens is 1. The van der Waals surface area contributed by atoms with E-state index in [2.05, 4.69) is 5.32 Å². The molecule has 2 amide bonds. The number of hydrogen-bond donors (Lipinski definition) is 1. The molecule has 2 aromatic carbocycles. The summed E-state index contributed by atoms with van der Waals surface area (Å²) in [6, 6.07) is 14.3. The lowest BCUT2D eigenvalue weighted by molar-refractivity contribution is -0.122. The molecule has 1 unspecified atom stereocenters. The molecule has 3 rings (SSSR count). The third kappa shape index (κ3) is 4.35. The van der Waals surface area contributed by atoms with Gasteiger partial charge in [-0.15, -0.1) is 0 Å². The van der Waals surface area contributed by atoms with Crippen LogP contribution in [0.25, 0.3) is 0 Å². The summed E-state index contributed by atoms with van der Waals surface area (Å²) in [7, 11) is 0. The third-order valence-electron chi connectivity index (χ3n) is 4.11. The lowest BCUT2D eigenvalue weighted by Crippen LogP contribution is -2.28. The lowest BCUT2D eigenvalue weighted by atomic mass is 10.1. The summed E-state index contributed by atoms with van der Waals surface area (Å²) in [4.78, 5) is 26.5. The van der Waals surface area contributed by atoms with Crippen LogP contribution in [0.1, 0.15) is 20.3 Å². The van der Waals surface area contributed by atoms with Crippen molar-refractivity contribution in [1.82, 2.24) is 0 Å². The molecule has 2 aromatic rings. The van der Waals surface area contributed by atoms with E-state index in [0.29, 0.717) is 17.3 Å². The van der Waals surface area contributed by atoms with Gasteiger partial charge in [0.05, 0.1) is 12.0 Å². The monoisotopic (exact) mass is 372 g/mol. The van der Waals surface area contributed by atoms with Gasteiger partial charge in [0.15, 0.2) is 0 Å². The molecule has 6 heteroatoms. The number of nitrogens with one attached hydrogen (secondary N) is 1. The van der Waals surface area contributed by atoms with Crippen LogP contribution in [0, 0.1) is 5.92 Å². The molecule has 1 N–H and O–H groups in total. The minimum absolute atomic E-state index is 0.0613. The van der Waals surface area contributed by atoms with Crippen molar-refractivity contribution in [3.63, 3.8) is 0 Å². The SMILES string of the molecule is CC(C)Oc1ccc(N2CC(C(=O)Nc3cccc(Cl)c3)CC2=O)cc1. The van der Waals surface area contributed by atoms with E-state index in [4.69, 9.17) is 16.3 Å². The first-order chi connectivity index (χ1) is 12.4. The number of benzene rings is 2. The Labute approximate surface area is 157 Å². The fraction of sp³-hybridized carbons (Fsp3) is 0.300. The highest BCUT2D eigenvalue weighted by Gasteiger charge is 2.35. The van der Waals surface area contributed by atoms with Gasteiger partial charge in [0.25, 0.3) is 0 Å². The number of rotatable bonds is 5. The number of hydrogen-bond acceptors (Lipinski definition) is 3. The number of anilines is 2. The maximum atomic E-state index is 12.5. The smallest absolute Gasteiger partial charge is 0.229 e. The summed E-state index contributed by atoms with van der Waals surface area (Å²) in [5, 5.41) is 3.38. The molecule has 26 heavy (non-hydrogen) atoms. The zero-order valence-electron chi connectivity index (χ0n) is 14.7. The quantitative estimate of drug-likeness (QED) is 0.858. The van der Waals surface area contributed by atoms with Gasteiger partial charge in [0, 0.05) is 29.4 Å². The van der Waals surface area contributed by atoms with Crippen molar-refractivity contribution in [2.75, 3.05) is 16.8 Å². The first-order valence-corrected chi connectivity index (χ1v) is 8.93. The van der Waals surface area contributed by atoms with Crippen molar-refractivity contribution in [2.45, 2.75) is 26.4 Å². The molecule has 1 aliphatic heterocycles. The Morgan fingerprint density at radius 2 is 1.96 bits per heavy atom. The van der Waals surface area contributed by atoms with Crippen molar-refractivity contribution in [1.29, 1.82) is 0 Å². The molecule has 1 heterocycles. The molecule has 0 spiro atoms. The molecule has 1 saturated heterocycles. The van der Waals surface area contributed by atoms with Crippen molar-refractivity contribution >= 4 is 34.8 Å². The molecular formula is C20H21ClN2O3. The minimum atomic E-state index is -0.395. The maximum absolute atomic E-state index is 12.5. The van der Waals surface area contributed by atoms with Gasteiger partial charge in [-0.2, -0.15) is 0 Å². The average molecular weight is 373 g/mol. The second-order valence-corrected chi connectivity index (χ2v) is 7.00. The zero-order chi connectivity index (χ0) is 18.7. The summed E-state index contributed by atoms with van der Waals surface area (Å²) >= 11 is 5.93. The molecule has 0 aliphatic carbocycles. The second-order valence-electron chi connectivity index (χ2n) is 6.57. The minimum Gasteiger partial charge on any atom is -0.491 e. The number of carbonyl (C=O) groups is 2. The Hall–Kier alpha value is -2.53. The average Bonchev–Trinajstić information content (AvgIpc) is 2.97. The van der Waals surface area contributed by atoms with Crippen LogP contribution in [0.2, 0.25) is 5.02 Å². The zero-order valence-corrected chi connectivity index (χ0v) is 15.5. The summed E-state index contributed by atoms with van der Waals surface area (Å²) in [6.45, 7) is 4.28. The Bertz CT molecular complexity index is 805. The lowest BCUT2D eigenvalue weighted by Gasteiger charge is -2.18. The Morgan fingerprint density at radius 1 is 1.23 bits per heavy atom. The summed E-state index contributed by atoms with van der Waals surface area (Å²) in [5.41, 5.74) is 1.40. The summed E-state index contributed by atoms with van der Waals surface area (Å²) < 4.78 is 5.62. The van der Waals surface area contributed by atoms with Crippen LogP contribution in [0.3, 0.4) is 0 Å². The predicted octanol–water partition coefficient (Wildman–Crippen LogP) is 4.12. The van der Waals surface area contributed by atoms with Gasteiger partial charge in [-0.25, -0.2) is 0 Å². The number of ether oxygens (including phenoxy) is 1. The molecule has 1 aliphatic rings. The largest absolute Gasteiger partial charge is 0.491 e. The van der Waals surface area contributed by atoms with E-state index in [0.717, 1.165) is 11.4 Å². The van der Waals surface area contributed by atoms with Crippen molar-refractivity contribution in [2.24, 2.45) is 5.92 Å². The number of amides is 2. The van der Waals surface area contributed by atoms with E-state index in [1.54, 1.807) is 29.2 Å². The molecule has 136 valence electrons. The van der Waals surface area contributed by atoms with Gasteiger partial charge < -0.3 is 15.0 Å². The number of nitrogens with zero attached hydrogens (tertiary/aromatic N) is 1. The number of carbonyl (C=O) groups excluding carboxylic acids is 2.